The fourth-order valence-corrected chi connectivity index (χ4v) is 25.7. The number of aryl methyl sites for hydroxylation is 4. The number of hydrogen-bond donors (Lipinski definition) is 6. The van der Waals surface area contributed by atoms with Crippen molar-refractivity contribution in [3.8, 4) is 0 Å². The van der Waals surface area contributed by atoms with Crippen LogP contribution in [0.25, 0.3) is 22.6 Å². The average Bonchev–Trinajstić information content (AvgIpc) is 1.57. The second kappa shape index (κ2) is 38.8. The first-order valence-corrected chi connectivity index (χ1v) is 49.6. The molecule has 0 saturated carbocycles. The van der Waals surface area contributed by atoms with E-state index >= 15 is 0 Å². The summed E-state index contributed by atoms with van der Waals surface area (Å²) in [7, 11) is 0. The molecular formula is C92H106Cl8N18O6S4. The number of aliphatic hydroxyl groups excluding tert-OH is 2. The summed E-state index contributed by atoms with van der Waals surface area (Å²) in [5, 5.41) is 41.7. The lowest BCUT2D eigenvalue weighted by Crippen LogP contribution is -2.51. The molecule has 128 heavy (non-hydrogen) atoms. The summed E-state index contributed by atoms with van der Waals surface area (Å²) in [4.78, 5) is 26.5. The lowest BCUT2D eigenvalue weighted by atomic mass is 9.73. The van der Waals surface area contributed by atoms with Gasteiger partial charge in [0.1, 0.15) is 35.9 Å². The van der Waals surface area contributed by atoms with Gasteiger partial charge in [-0.3, -0.25) is 17.6 Å². The quantitative estimate of drug-likeness (QED) is 0.0590. The smallest absolute Gasteiger partial charge is 0.176 e. The molecular weight excluding hydrogens is 1870 g/mol. The number of piperidine rings is 4. The van der Waals surface area contributed by atoms with E-state index in [-0.39, 0.29) is 83.5 Å². The molecule has 0 amide bonds. The van der Waals surface area contributed by atoms with Crippen LogP contribution >= 0.6 is 140 Å². The number of anilines is 4. The molecule has 680 valence electrons. The van der Waals surface area contributed by atoms with Gasteiger partial charge in [-0.1, -0.05) is 164 Å². The van der Waals surface area contributed by atoms with Crippen LogP contribution < -0.4 is 42.5 Å². The van der Waals surface area contributed by atoms with Crippen LogP contribution in [0.5, 0.6) is 0 Å². The fourth-order valence-electron chi connectivity index (χ4n) is 19.7. The maximum atomic E-state index is 10.1. The molecule has 0 unspecified atom stereocenters. The Labute approximate surface area is 802 Å². The normalized spacial score (nSPS) is 22.9. The molecule has 0 aliphatic carbocycles. The molecule has 24 nitrogen and oxygen atoms in total. The van der Waals surface area contributed by atoms with E-state index in [0.717, 1.165) is 249 Å². The number of aliphatic hydroxyl groups is 2. The van der Waals surface area contributed by atoms with E-state index in [4.69, 9.17) is 135 Å². The Hall–Kier alpha value is -5.98. The number of fused-ring (bicyclic) bond motifs is 4. The Bertz CT molecular complexity index is 5730. The van der Waals surface area contributed by atoms with Crippen LogP contribution in [-0.2, 0) is 32.2 Å². The lowest BCUT2D eigenvalue weighted by Gasteiger charge is -2.42. The van der Waals surface area contributed by atoms with Crippen molar-refractivity contribution >= 4 is 186 Å². The minimum atomic E-state index is -0.0900. The largest absolute Gasteiger partial charge is 0.390 e. The maximum absolute atomic E-state index is 10.1. The molecule has 0 radical (unpaired) electrons. The average molecular weight is 1970 g/mol. The van der Waals surface area contributed by atoms with Crippen LogP contribution in [0, 0.1) is 49.4 Å². The molecule has 4 aromatic carbocycles. The predicted molar refractivity (Wildman–Crippen MR) is 519 cm³/mol. The molecule has 16 heterocycles. The Kier molecular flexibility index (Phi) is 28.4. The first kappa shape index (κ1) is 93.8. The first-order chi connectivity index (χ1) is 61.5. The van der Waals surface area contributed by atoms with Gasteiger partial charge in [0.15, 0.2) is 22.6 Å². The van der Waals surface area contributed by atoms with Crippen molar-refractivity contribution in [2.75, 3.05) is 98.4 Å². The van der Waals surface area contributed by atoms with Gasteiger partial charge in [-0.15, -0.1) is 20.4 Å². The molecule has 8 aromatic heterocycles. The molecule has 12 aromatic rings. The first-order valence-electron chi connectivity index (χ1n) is 43.3. The van der Waals surface area contributed by atoms with E-state index in [1.165, 1.54) is 0 Å². The highest BCUT2D eigenvalue weighted by Gasteiger charge is 2.52. The van der Waals surface area contributed by atoms with Crippen LogP contribution in [0.15, 0.2) is 161 Å². The van der Waals surface area contributed by atoms with Crippen molar-refractivity contribution in [3.05, 3.63) is 196 Å². The predicted octanol–water partition coefficient (Wildman–Crippen LogP) is 19.5. The summed E-state index contributed by atoms with van der Waals surface area (Å²) in [6.45, 7) is 26.8. The molecule has 20 rings (SSSR count). The second-order valence-electron chi connectivity index (χ2n) is 35.4. The van der Waals surface area contributed by atoms with Gasteiger partial charge in [-0.2, -0.15) is 0 Å². The molecule has 0 bridgehead atoms. The van der Waals surface area contributed by atoms with Crippen LogP contribution in [0.1, 0.15) is 113 Å². The Morgan fingerprint density at radius 3 is 0.852 bits per heavy atom. The van der Waals surface area contributed by atoms with Crippen LogP contribution in [0.3, 0.4) is 0 Å². The van der Waals surface area contributed by atoms with Gasteiger partial charge in [0.25, 0.3) is 0 Å². The second-order valence-corrected chi connectivity index (χ2v) is 42.8. The van der Waals surface area contributed by atoms with Gasteiger partial charge in [0.2, 0.25) is 0 Å². The van der Waals surface area contributed by atoms with Crippen molar-refractivity contribution < 1.29 is 29.2 Å². The summed E-state index contributed by atoms with van der Waals surface area (Å²) in [6.07, 6.45) is 15.6. The highest BCUT2D eigenvalue weighted by atomic mass is 35.5. The zero-order valence-electron chi connectivity index (χ0n) is 72.5. The Balaban J connectivity index is 0.000000120. The number of ether oxygens (including phenoxy) is 4. The Morgan fingerprint density at radius 2 is 0.609 bits per heavy atom. The topological polar surface area (TPSA) is 289 Å². The third-order valence-electron chi connectivity index (χ3n) is 27.9. The zero-order chi connectivity index (χ0) is 90.2. The highest BCUT2D eigenvalue weighted by molar-refractivity contribution is 8.00. The van der Waals surface area contributed by atoms with Crippen molar-refractivity contribution in [3.63, 3.8) is 0 Å². The van der Waals surface area contributed by atoms with E-state index < -0.39 is 0 Å². The number of nitrogens with two attached hydrogens (primary N) is 4. The van der Waals surface area contributed by atoms with E-state index in [0.29, 0.717) is 40.2 Å². The maximum Gasteiger partial charge on any atom is 0.176 e. The van der Waals surface area contributed by atoms with Gasteiger partial charge in [-0.25, -0.2) is 9.97 Å². The number of pyridine rings is 4. The van der Waals surface area contributed by atoms with Crippen molar-refractivity contribution in [1.29, 1.82) is 0 Å². The number of aromatic nitrogens is 10. The monoisotopic (exact) mass is 1970 g/mol. The molecule has 8 aliphatic rings. The van der Waals surface area contributed by atoms with Crippen molar-refractivity contribution in [2.24, 2.45) is 44.6 Å². The van der Waals surface area contributed by atoms with Gasteiger partial charge in [0, 0.05) is 118 Å². The number of halogens is 8. The van der Waals surface area contributed by atoms with E-state index in [1.54, 1.807) is 96.4 Å². The lowest BCUT2D eigenvalue weighted by molar-refractivity contribution is 0.0973. The molecule has 8 aliphatic heterocycles. The van der Waals surface area contributed by atoms with Crippen LogP contribution in [0.2, 0.25) is 40.2 Å². The van der Waals surface area contributed by atoms with E-state index in [1.807, 2.05) is 48.5 Å². The number of imidazole rings is 2. The summed E-state index contributed by atoms with van der Waals surface area (Å²) in [6, 6.07) is 31.7. The third kappa shape index (κ3) is 17.9. The standard InChI is InChI=1S/2C24H28Cl2N4O2S.2C22H25Cl2N5OS/c2*1-14-10-19(29-8-6-24(7-9-29)13-32-15(2)22(24)27)30-16(12-31)11-28-23(30)21(14)33-18-5-3-4-17(25)20(18)26;2*1-13-10-17(28-8-6-22(7-9-28)11-30-14(2)20(22)25)29-12-26-27-21(29)19(13)31-16-5-3-4-15(23)18(16)24/h2*3-5,10-11,15,22,31H,6-9,12-13,27H2,1-2H3;2*3-5,10,12,14,20H,6-9,11,25H2,1-2H3/t2*15-,22+;2*14-,20+/m0000/s1. The summed E-state index contributed by atoms with van der Waals surface area (Å²) in [5.41, 5.74) is 35.6. The zero-order valence-corrected chi connectivity index (χ0v) is 81.8. The molecule has 4 spiro atoms. The number of hydrogen-bond acceptors (Lipinski definition) is 24. The third-order valence-corrected chi connectivity index (χ3v) is 36.7. The van der Waals surface area contributed by atoms with Gasteiger partial charge >= 0.3 is 0 Å². The minimum Gasteiger partial charge on any atom is -0.390 e. The minimum absolute atomic E-state index is 0.0535. The van der Waals surface area contributed by atoms with Gasteiger partial charge < -0.3 is 71.7 Å². The summed E-state index contributed by atoms with van der Waals surface area (Å²) in [5.74, 6) is 4.30. The Morgan fingerprint density at radius 1 is 0.367 bits per heavy atom. The van der Waals surface area contributed by atoms with E-state index in [9.17, 15) is 10.2 Å². The van der Waals surface area contributed by atoms with Gasteiger partial charge in [-0.05, 0) is 202 Å². The van der Waals surface area contributed by atoms with Crippen LogP contribution in [-0.4, -0.2) is 186 Å². The number of benzene rings is 4. The fraction of sp³-hybridized carbons (Fsp3) is 0.457. The summed E-state index contributed by atoms with van der Waals surface area (Å²) >= 11 is 56.9. The van der Waals surface area contributed by atoms with Gasteiger partial charge in [0.05, 0.1) is 148 Å². The number of nitrogens with zero attached hydrogens (tertiary/aromatic N) is 14. The van der Waals surface area contributed by atoms with Crippen molar-refractivity contribution in [2.45, 2.75) is 208 Å². The highest BCUT2D eigenvalue weighted by Crippen LogP contribution is 2.52. The molecule has 36 heteroatoms. The SMILES string of the molecule is Cc1cc(N2CCC3(CC2)CO[C@@H](C)[C@H]3N)n2c(CO)cnc2c1Sc1cccc(Cl)c1Cl.Cc1cc(N2CCC3(CC2)CO[C@@H](C)[C@H]3N)n2c(CO)cnc2c1Sc1cccc(Cl)c1Cl.Cc1cc(N2CCC3(CC2)CO[C@@H](C)[C@H]3N)n2cnnc2c1Sc1cccc(Cl)c1Cl.Cc1cc(N2CCC3(CC2)CO[C@@H](C)[C@H]3N)n2cnnc2c1Sc1cccc(Cl)c1Cl. The molecule has 8 atom stereocenters. The summed E-state index contributed by atoms with van der Waals surface area (Å²) < 4.78 is 31.8. The molecule has 8 fully saturated rings. The van der Waals surface area contributed by atoms with E-state index in [2.05, 4.69) is 147 Å². The van der Waals surface area contributed by atoms with Crippen molar-refractivity contribution in [1.82, 2.24) is 48.0 Å². The molecule has 8 saturated heterocycles. The number of rotatable bonds is 14. The molecule has 10 N–H and O–H groups in total. The van der Waals surface area contributed by atoms with Crippen LogP contribution in [0.4, 0.5) is 23.3 Å².